The molecule has 1 N–H and O–H groups in total. The number of nitrogens with zero attached hydrogens (tertiary/aromatic N) is 1. The number of ketones is 1. The summed E-state index contributed by atoms with van der Waals surface area (Å²) in [6, 6.07) is 7.36. The Hall–Kier alpha value is -1.83. The van der Waals surface area contributed by atoms with Crippen molar-refractivity contribution in [1.82, 2.24) is 4.57 Å². The number of aromatic nitrogens is 1. The van der Waals surface area contributed by atoms with Crippen LogP contribution in [0.1, 0.15) is 21.6 Å². The molecule has 0 saturated carbocycles. The lowest BCUT2D eigenvalue weighted by molar-refractivity contribution is 0.0662. The van der Waals surface area contributed by atoms with Gasteiger partial charge in [0.15, 0.2) is 5.78 Å². The van der Waals surface area contributed by atoms with Crippen LogP contribution in [0.4, 0.5) is 4.39 Å². The van der Waals surface area contributed by atoms with Gasteiger partial charge in [0.05, 0.1) is 13.2 Å². The molecule has 5 nitrogen and oxygen atoms in total. The minimum atomic E-state index is -0.421. The van der Waals surface area contributed by atoms with E-state index >= 15 is 0 Å². The van der Waals surface area contributed by atoms with Crippen molar-refractivity contribution in [2.75, 3.05) is 19.8 Å². The van der Waals surface area contributed by atoms with E-state index in [1.54, 1.807) is 19.2 Å². The van der Waals surface area contributed by atoms with E-state index < -0.39 is 5.82 Å². The van der Waals surface area contributed by atoms with Crippen LogP contribution < -0.4 is 5.56 Å². The largest absolute Gasteiger partial charge is 0.394 e. The Morgan fingerprint density at radius 2 is 2.08 bits per heavy atom. The van der Waals surface area contributed by atoms with Crippen molar-refractivity contribution in [1.29, 1.82) is 0 Å². The third-order valence-corrected chi connectivity index (χ3v) is 4.07. The first kappa shape index (κ1) is 18.5. The highest BCUT2D eigenvalue weighted by atomic mass is 79.9. The molecule has 1 heterocycles. The molecule has 0 bridgehead atoms. The van der Waals surface area contributed by atoms with Gasteiger partial charge in [-0.3, -0.25) is 9.59 Å². The van der Waals surface area contributed by atoms with Gasteiger partial charge in [0.1, 0.15) is 12.4 Å². The number of pyridine rings is 1. The lowest BCUT2D eigenvalue weighted by Gasteiger charge is -2.14. The number of hydrogen-bond acceptors (Lipinski definition) is 4. The first-order valence-corrected chi connectivity index (χ1v) is 8.08. The number of Topliss-reactive ketones (excluding diaryl/α,β-unsaturated/α-hetero) is 1. The second-order valence-corrected chi connectivity index (χ2v) is 6.12. The molecule has 7 heteroatoms. The van der Waals surface area contributed by atoms with Crippen molar-refractivity contribution in [3.05, 3.63) is 67.8 Å². The van der Waals surface area contributed by atoms with E-state index in [2.05, 4.69) is 15.9 Å². The average Bonchev–Trinajstić information content (AvgIpc) is 2.54. The highest BCUT2D eigenvalue weighted by molar-refractivity contribution is 9.10. The molecule has 0 aliphatic rings. The fraction of sp³-hybridized carbons (Fsp3) is 0.294. The lowest BCUT2D eigenvalue weighted by atomic mass is 10.0. The molecular weight excluding hydrogens is 381 g/mol. The van der Waals surface area contributed by atoms with E-state index in [0.29, 0.717) is 21.3 Å². The van der Waals surface area contributed by atoms with Crippen molar-refractivity contribution in [2.24, 2.45) is 7.05 Å². The molecule has 1 aromatic heterocycles. The van der Waals surface area contributed by atoms with Crippen molar-refractivity contribution >= 4 is 21.7 Å². The predicted molar refractivity (Wildman–Crippen MR) is 90.8 cm³/mol. The molecular formula is C17H17BrFNO4. The van der Waals surface area contributed by atoms with E-state index in [9.17, 15) is 14.0 Å². The number of carbonyl (C=O) groups excluding carboxylic acids is 1. The summed E-state index contributed by atoms with van der Waals surface area (Å²) in [6.45, 7) is -0.347. The summed E-state index contributed by atoms with van der Waals surface area (Å²) in [7, 11) is 1.54. The molecule has 128 valence electrons. The average molecular weight is 398 g/mol. The summed E-state index contributed by atoms with van der Waals surface area (Å²) in [6.07, 6.45) is 0.104. The molecule has 2 aromatic rings. The van der Waals surface area contributed by atoms with Crippen molar-refractivity contribution < 1.29 is 19.0 Å². The first-order valence-electron chi connectivity index (χ1n) is 7.28. The predicted octanol–water partition coefficient (Wildman–Crippen LogP) is 2.07. The summed E-state index contributed by atoms with van der Waals surface area (Å²) in [4.78, 5) is 24.2. The number of ether oxygens (including phenoxy) is 1. The summed E-state index contributed by atoms with van der Waals surface area (Å²) < 4.78 is 21.1. The van der Waals surface area contributed by atoms with Crippen LogP contribution in [0.25, 0.3) is 0 Å². The fourth-order valence-electron chi connectivity index (χ4n) is 2.30. The van der Waals surface area contributed by atoms with Gasteiger partial charge in [-0.05, 0) is 23.8 Å². The van der Waals surface area contributed by atoms with Crippen molar-refractivity contribution in [3.63, 3.8) is 0 Å². The SMILES string of the molecule is Cn1c(Cc2ccc(Br)cc2F)c(C(=O)COCCO)ccc1=O. The third-order valence-electron chi connectivity index (χ3n) is 3.58. The Balaban J connectivity index is 2.38. The molecule has 2 rings (SSSR count). The van der Waals surface area contributed by atoms with Gasteiger partial charge in [0.25, 0.3) is 5.56 Å². The molecule has 0 fully saturated rings. The molecule has 0 atom stereocenters. The monoisotopic (exact) mass is 397 g/mol. The number of hydrogen-bond donors (Lipinski definition) is 1. The van der Waals surface area contributed by atoms with Gasteiger partial charge in [-0.1, -0.05) is 22.0 Å². The molecule has 0 aliphatic heterocycles. The molecule has 24 heavy (non-hydrogen) atoms. The highest BCUT2D eigenvalue weighted by Crippen LogP contribution is 2.19. The molecule has 0 amide bonds. The van der Waals surface area contributed by atoms with Gasteiger partial charge in [-0.2, -0.15) is 0 Å². The Bertz CT molecular complexity index is 804. The standard InChI is InChI=1S/C17H17BrFNO4/c1-20-15(8-11-2-3-12(18)9-14(11)19)13(4-5-17(20)23)16(22)10-24-7-6-21/h2-5,9,21H,6-8,10H2,1H3. The Kier molecular flexibility index (Phi) is 6.42. The van der Waals surface area contributed by atoms with Gasteiger partial charge in [-0.25, -0.2) is 4.39 Å². The van der Waals surface area contributed by atoms with E-state index in [4.69, 9.17) is 9.84 Å². The Morgan fingerprint density at radius 3 is 2.75 bits per heavy atom. The number of benzene rings is 1. The maximum Gasteiger partial charge on any atom is 0.250 e. The second kappa shape index (κ2) is 8.32. The van der Waals surface area contributed by atoms with E-state index in [1.807, 2.05) is 0 Å². The normalized spacial score (nSPS) is 10.8. The van der Waals surface area contributed by atoms with Gasteiger partial charge < -0.3 is 14.4 Å². The van der Waals surface area contributed by atoms with Gasteiger partial charge in [0, 0.05) is 35.3 Å². The first-order chi connectivity index (χ1) is 11.4. The van der Waals surface area contributed by atoms with Gasteiger partial charge in [-0.15, -0.1) is 0 Å². The minimum Gasteiger partial charge on any atom is -0.394 e. The smallest absolute Gasteiger partial charge is 0.250 e. The fourth-order valence-corrected chi connectivity index (χ4v) is 2.63. The maximum absolute atomic E-state index is 14.1. The zero-order chi connectivity index (χ0) is 17.7. The van der Waals surface area contributed by atoms with Crippen LogP contribution in [-0.2, 0) is 18.2 Å². The molecule has 1 aromatic carbocycles. The van der Waals surface area contributed by atoms with Crippen molar-refractivity contribution in [2.45, 2.75) is 6.42 Å². The molecule has 0 spiro atoms. The van der Waals surface area contributed by atoms with Crippen LogP contribution in [0.3, 0.4) is 0 Å². The number of carbonyl (C=O) groups is 1. The second-order valence-electron chi connectivity index (χ2n) is 5.20. The molecule has 0 saturated heterocycles. The van der Waals surface area contributed by atoms with Crippen LogP contribution >= 0.6 is 15.9 Å². The topological polar surface area (TPSA) is 68.5 Å². The number of rotatable bonds is 7. The number of aliphatic hydroxyl groups is 1. The zero-order valence-corrected chi connectivity index (χ0v) is 14.7. The van der Waals surface area contributed by atoms with Crippen LogP contribution in [0.15, 0.2) is 39.6 Å². The quantitative estimate of drug-likeness (QED) is 0.573. The summed E-state index contributed by atoms with van der Waals surface area (Å²) in [5.41, 5.74) is 0.818. The highest BCUT2D eigenvalue weighted by Gasteiger charge is 2.17. The van der Waals surface area contributed by atoms with E-state index in [1.165, 1.54) is 22.8 Å². The van der Waals surface area contributed by atoms with Crippen LogP contribution in [0.5, 0.6) is 0 Å². The lowest BCUT2D eigenvalue weighted by Crippen LogP contribution is -2.24. The number of aliphatic hydroxyl groups excluding tert-OH is 1. The maximum atomic E-state index is 14.1. The number of halogens is 2. The molecule has 0 radical (unpaired) electrons. The summed E-state index contributed by atoms with van der Waals surface area (Å²) in [5, 5.41) is 8.71. The minimum absolute atomic E-state index is 0.0498. The molecule has 0 unspecified atom stereocenters. The van der Waals surface area contributed by atoms with Crippen LogP contribution in [-0.4, -0.2) is 35.3 Å². The van der Waals surface area contributed by atoms with Crippen molar-refractivity contribution in [3.8, 4) is 0 Å². The van der Waals surface area contributed by atoms with Crippen LogP contribution in [0, 0.1) is 5.82 Å². The van der Waals surface area contributed by atoms with Gasteiger partial charge >= 0.3 is 0 Å². The third kappa shape index (κ3) is 4.37. The Morgan fingerprint density at radius 1 is 1.33 bits per heavy atom. The van der Waals surface area contributed by atoms with Crippen LogP contribution in [0.2, 0.25) is 0 Å². The summed E-state index contributed by atoms with van der Waals surface area (Å²) >= 11 is 3.19. The Labute approximate surface area is 146 Å². The van der Waals surface area contributed by atoms with E-state index in [0.717, 1.165) is 0 Å². The zero-order valence-electron chi connectivity index (χ0n) is 13.1. The van der Waals surface area contributed by atoms with E-state index in [-0.39, 0.29) is 37.6 Å². The summed E-state index contributed by atoms with van der Waals surface area (Å²) in [5.74, 6) is -0.748. The van der Waals surface area contributed by atoms with Gasteiger partial charge in [0.2, 0.25) is 0 Å². The molecule has 0 aliphatic carbocycles.